The Kier molecular flexibility index (Phi) is 8.42. The average molecular weight is 562 g/mol. The van der Waals surface area contributed by atoms with Crippen LogP contribution in [0, 0.1) is 0 Å². The highest BCUT2D eigenvalue weighted by Gasteiger charge is 2.86. The molecule has 0 atom stereocenters. The van der Waals surface area contributed by atoms with Crippen LogP contribution in [0.15, 0.2) is 24.3 Å². The maximum atomic E-state index is 14.6. The molecule has 1 aromatic carbocycles. The topological polar surface area (TPSA) is 78.9 Å². The summed E-state index contributed by atoms with van der Waals surface area (Å²) in [7, 11) is -12.4. The normalized spacial score (nSPS) is 14.9. The van der Waals surface area contributed by atoms with Gasteiger partial charge in [0.05, 0.1) is 13.2 Å². The molecule has 19 heteroatoms. The van der Waals surface area contributed by atoms with Crippen LogP contribution in [-0.2, 0) is 29.4 Å². The van der Waals surface area contributed by atoms with Crippen molar-refractivity contribution in [2.45, 2.75) is 42.8 Å². The maximum absolute atomic E-state index is 14.6. The lowest BCUT2D eigenvalue weighted by Crippen LogP contribution is -2.63. The number of hydrogen-bond donors (Lipinski definition) is 0. The van der Waals surface area contributed by atoms with E-state index in [9.17, 15) is 61.3 Å². The molecule has 0 fully saturated rings. The fourth-order valence-electron chi connectivity index (χ4n) is 2.11. The van der Waals surface area contributed by atoms with Crippen molar-refractivity contribution in [3.05, 3.63) is 29.8 Å². The summed E-state index contributed by atoms with van der Waals surface area (Å²) in [6, 6.07) is 0.657. The zero-order chi connectivity index (χ0) is 27.0. The molecule has 0 saturated heterocycles. The number of hydrogen-bond acceptors (Lipinski definition) is 6. The van der Waals surface area contributed by atoms with Crippen molar-refractivity contribution in [2.24, 2.45) is 0 Å². The fraction of sp³-hybridized carbons (Fsp3) is 0.600. The first-order chi connectivity index (χ1) is 15.1. The van der Waals surface area contributed by atoms with Gasteiger partial charge in [-0.25, -0.2) is 0 Å². The molecule has 1 rings (SSSR count). The predicted molar refractivity (Wildman–Crippen MR) is 91.6 cm³/mol. The van der Waals surface area contributed by atoms with Crippen LogP contribution in [0.2, 0.25) is 0 Å². The molecule has 0 aliphatic heterocycles. The molecule has 0 saturated carbocycles. The van der Waals surface area contributed by atoms with Gasteiger partial charge in [0.1, 0.15) is 5.75 Å². The van der Waals surface area contributed by atoms with E-state index in [2.05, 4.69) is 13.2 Å². The number of rotatable bonds is 11. The molecule has 0 amide bonds. The average Bonchev–Trinajstić information content (AvgIpc) is 2.67. The fourth-order valence-corrected chi connectivity index (χ4v) is 4.56. The second-order valence-electron chi connectivity index (χ2n) is 6.10. The third-order valence-corrected chi connectivity index (χ3v) is 7.22. The van der Waals surface area contributed by atoms with Gasteiger partial charge in [0, 0.05) is 5.56 Å². The summed E-state index contributed by atoms with van der Waals surface area (Å²) in [5, 5.41) is -7.14. The minimum Gasteiger partial charge on any atom is -0.378 e. The third kappa shape index (κ3) is 4.99. The van der Waals surface area contributed by atoms with Crippen molar-refractivity contribution in [2.75, 3.05) is 13.2 Å². The van der Waals surface area contributed by atoms with E-state index in [-0.39, 0.29) is 24.3 Å². The van der Waals surface area contributed by atoms with Gasteiger partial charge in [-0.05, 0) is 38.1 Å². The van der Waals surface area contributed by atoms with Crippen LogP contribution in [0.4, 0.5) is 48.3 Å². The van der Waals surface area contributed by atoms with Crippen LogP contribution in [0.1, 0.15) is 19.4 Å². The summed E-state index contributed by atoms with van der Waals surface area (Å²) < 4.78 is 193. The zero-order valence-electron chi connectivity index (χ0n) is 16.7. The monoisotopic (exact) mass is 562 g/mol. The summed E-state index contributed by atoms with van der Waals surface area (Å²) in [4.78, 5) is 0. The van der Waals surface area contributed by atoms with Crippen molar-refractivity contribution in [3.63, 3.8) is 0 Å². The summed E-state index contributed by atoms with van der Waals surface area (Å²) in [6.07, 6.45) is -7.28. The second kappa shape index (κ2) is 9.43. The Morgan fingerprint density at radius 2 is 1.18 bits per heavy atom. The van der Waals surface area contributed by atoms with Crippen LogP contribution < -0.4 is 4.18 Å². The van der Waals surface area contributed by atoms with Gasteiger partial charge in [-0.3, -0.25) is 4.57 Å². The molecule has 0 spiro atoms. The molecule has 0 aromatic heterocycles. The highest BCUT2D eigenvalue weighted by molar-refractivity contribution is 7.88. The van der Waals surface area contributed by atoms with E-state index in [0.29, 0.717) is 0 Å². The summed E-state index contributed by atoms with van der Waals surface area (Å²) in [5.41, 5.74) is -5.65. The van der Waals surface area contributed by atoms with Gasteiger partial charge in [0.15, 0.2) is 0 Å². The second-order valence-corrected chi connectivity index (χ2v) is 9.76. The minimum atomic E-state index is -7.54. The lowest BCUT2D eigenvalue weighted by molar-refractivity contribution is -0.382. The Morgan fingerprint density at radius 1 is 0.765 bits per heavy atom. The van der Waals surface area contributed by atoms with Crippen LogP contribution in [0.3, 0.4) is 0 Å². The van der Waals surface area contributed by atoms with Gasteiger partial charge in [0.2, 0.25) is 0 Å². The van der Waals surface area contributed by atoms with Gasteiger partial charge in [-0.1, -0.05) is 0 Å². The van der Waals surface area contributed by atoms with Crippen LogP contribution in [0.5, 0.6) is 5.75 Å². The molecule has 0 unspecified atom stereocenters. The first kappa shape index (κ1) is 30.4. The van der Waals surface area contributed by atoms with E-state index < -0.39 is 71.2 Å². The summed E-state index contributed by atoms with van der Waals surface area (Å²) in [5.74, 6) is -16.5. The lowest BCUT2D eigenvalue weighted by Gasteiger charge is -2.32. The van der Waals surface area contributed by atoms with E-state index in [1.54, 1.807) is 0 Å². The van der Waals surface area contributed by atoms with Gasteiger partial charge >= 0.3 is 46.7 Å². The van der Waals surface area contributed by atoms with E-state index in [4.69, 9.17) is 0 Å². The van der Waals surface area contributed by atoms with Crippen LogP contribution in [-0.4, -0.2) is 44.9 Å². The van der Waals surface area contributed by atoms with Crippen LogP contribution >= 0.6 is 7.60 Å². The Balaban J connectivity index is 3.34. The molecule has 198 valence electrons. The molecule has 6 nitrogen and oxygen atoms in total. The highest BCUT2D eigenvalue weighted by atomic mass is 32.2. The molecule has 1 aromatic rings. The van der Waals surface area contributed by atoms with Crippen molar-refractivity contribution in [1.82, 2.24) is 0 Å². The third-order valence-electron chi connectivity index (χ3n) is 3.78. The van der Waals surface area contributed by atoms with Crippen molar-refractivity contribution in [3.8, 4) is 5.75 Å². The molecule has 0 radical (unpaired) electrons. The summed E-state index contributed by atoms with van der Waals surface area (Å²) >= 11 is 0. The standard InChI is InChI=1S/C15H14F11O6PS/c1-3-30-33(27,31-4-2)11(16,17)9-5-7-10(8-6-9)32-34(28,29)15(25,26)13(20,21)12(18,19)14(22,23)24/h5-8H,3-4H2,1-2H3. The zero-order valence-corrected chi connectivity index (χ0v) is 18.4. The molecule has 0 bridgehead atoms. The Labute approximate surface area is 184 Å². The molecule has 0 heterocycles. The SMILES string of the molecule is CCOP(=O)(OCC)C(F)(F)c1ccc(OS(=O)(=O)C(F)(F)C(F)(F)C(F)(F)C(F)(F)F)cc1. The lowest BCUT2D eigenvalue weighted by atomic mass is 10.1. The van der Waals surface area contributed by atoms with Gasteiger partial charge in [-0.15, -0.1) is 0 Å². The van der Waals surface area contributed by atoms with E-state index in [0.717, 1.165) is 0 Å². The van der Waals surface area contributed by atoms with E-state index >= 15 is 0 Å². The van der Waals surface area contributed by atoms with E-state index in [1.165, 1.54) is 13.8 Å². The largest absolute Gasteiger partial charge is 0.460 e. The Hall–Kier alpha value is -1.65. The Morgan fingerprint density at radius 3 is 1.53 bits per heavy atom. The molecule has 0 aliphatic carbocycles. The quantitative estimate of drug-likeness (QED) is 0.183. The molecular weight excluding hydrogens is 548 g/mol. The molecule has 34 heavy (non-hydrogen) atoms. The molecular formula is C15H14F11O6PS. The van der Waals surface area contributed by atoms with E-state index in [1.807, 2.05) is 0 Å². The van der Waals surface area contributed by atoms with Gasteiger partial charge in [0.25, 0.3) is 0 Å². The Bertz CT molecular complexity index is 999. The van der Waals surface area contributed by atoms with Crippen molar-refractivity contribution < 1.29 is 74.5 Å². The van der Waals surface area contributed by atoms with Crippen molar-refractivity contribution in [1.29, 1.82) is 0 Å². The van der Waals surface area contributed by atoms with Gasteiger partial charge in [-0.2, -0.15) is 56.7 Å². The minimum absolute atomic E-state index is 0.124. The van der Waals surface area contributed by atoms with Crippen molar-refractivity contribution >= 4 is 17.7 Å². The predicted octanol–water partition coefficient (Wildman–Crippen LogP) is 6.14. The first-order valence-electron chi connectivity index (χ1n) is 8.57. The number of halogens is 11. The first-order valence-corrected chi connectivity index (χ1v) is 11.5. The molecule has 0 aliphatic rings. The number of benzene rings is 1. The maximum Gasteiger partial charge on any atom is 0.460 e. The molecule has 0 N–H and O–H groups in total. The van der Waals surface area contributed by atoms with Crippen LogP contribution in [0.25, 0.3) is 0 Å². The smallest absolute Gasteiger partial charge is 0.378 e. The number of alkyl halides is 11. The summed E-state index contributed by atoms with van der Waals surface area (Å²) in [6.45, 7) is 1.33. The highest BCUT2D eigenvalue weighted by Crippen LogP contribution is 2.66. The van der Waals surface area contributed by atoms with Gasteiger partial charge < -0.3 is 13.2 Å².